The number of carbonyl (C=O) groups excluding carboxylic acids is 1. The van der Waals surface area contributed by atoms with Crippen LogP contribution in [0.1, 0.15) is 18.9 Å². The van der Waals surface area contributed by atoms with Gasteiger partial charge in [0.15, 0.2) is 0 Å². The molecule has 1 N–H and O–H groups in total. The largest absolute Gasteiger partial charge is 0.381 e. The van der Waals surface area contributed by atoms with Crippen LogP contribution < -0.4 is 5.32 Å². The number of amides is 1. The van der Waals surface area contributed by atoms with E-state index < -0.39 is 0 Å². The number of hydrogen-bond acceptors (Lipinski definition) is 3. The Morgan fingerprint density at radius 3 is 2.50 bits per heavy atom. The first-order valence-corrected chi connectivity index (χ1v) is 7.21. The summed E-state index contributed by atoms with van der Waals surface area (Å²) in [6.45, 7) is 3.35. The highest BCUT2D eigenvalue weighted by molar-refractivity contribution is 5.78. The number of anilines is 1. The van der Waals surface area contributed by atoms with Crippen molar-refractivity contribution in [2.75, 3.05) is 33.0 Å². The van der Waals surface area contributed by atoms with Crippen LogP contribution in [0.15, 0.2) is 24.3 Å². The summed E-state index contributed by atoms with van der Waals surface area (Å²) in [6, 6.07) is 9.37. The van der Waals surface area contributed by atoms with E-state index in [1.807, 2.05) is 12.1 Å². The molecule has 0 radical (unpaired) electrons. The van der Waals surface area contributed by atoms with E-state index in [0.29, 0.717) is 18.5 Å². The second-order valence-electron chi connectivity index (χ2n) is 6.03. The Kier molecular flexibility index (Phi) is 4.65. The SMILES string of the molecule is CC1CC(Nc2ccc(CC(=O)N(C)C)cc2)CN1C. The fourth-order valence-electron chi connectivity index (χ4n) is 2.59. The van der Waals surface area contributed by atoms with Crippen LogP contribution in [0.2, 0.25) is 0 Å². The van der Waals surface area contributed by atoms with Gasteiger partial charge in [0.25, 0.3) is 0 Å². The fraction of sp³-hybridized carbons (Fsp3) is 0.562. The Morgan fingerprint density at radius 1 is 1.35 bits per heavy atom. The van der Waals surface area contributed by atoms with Gasteiger partial charge in [-0.25, -0.2) is 0 Å². The van der Waals surface area contributed by atoms with Gasteiger partial charge in [-0.2, -0.15) is 0 Å². The van der Waals surface area contributed by atoms with E-state index in [1.165, 1.54) is 6.42 Å². The topological polar surface area (TPSA) is 35.6 Å². The second-order valence-corrected chi connectivity index (χ2v) is 6.03. The molecule has 1 saturated heterocycles. The number of nitrogens with zero attached hydrogens (tertiary/aromatic N) is 2. The first-order chi connectivity index (χ1) is 9.45. The zero-order chi connectivity index (χ0) is 14.7. The molecule has 0 aromatic heterocycles. The number of likely N-dealkylation sites (N-methyl/N-ethyl adjacent to an activating group) is 2. The lowest BCUT2D eigenvalue weighted by Gasteiger charge is -2.15. The first-order valence-electron chi connectivity index (χ1n) is 7.21. The minimum atomic E-state index is 0.136. The summed E-state index contributed by atoms with van der Waals surface area (Å²) in [6.07, 6.45) is 1.65. The summed E-state index contributed by atoms with van der Waals surface area (Å²) in [5, 5.41) is 3.57. The van der Waals surface area contributed by atoms with Gasteiger partial charge in [0, 0.05) is 38.4 Å². The van der Waals surface area contributed by atoms with Crippen molar-refractivity contribution in [3.63, 3.8) is 0 Å². The molecular formula is C16H25N3O. The Labute approximate surface area is 121 Å². The van der Waals surface area contributed by atoms with E-state index in [0.717, 1.165) is 17.8 Å². The first kappa shape index (κ1) is 14.9. The molecule has 0 bridgehead atoms. The summed E-state index contributed by atoms with van der Waals surface area (Å²) < 4.78 is 0. The average molecular weight is 275 g/mol. The number of hydrogen-bond donors (Lipinski definition) is 1. The van der Waals surface area contributed by atoms with E-state index in [1.54, 1.807) is 19.0 Å². The van der Waals surface area contributed by atoms with E-state index in [4.69, 9.17) is 0 Å². The molecule has 4 nitrogen and oxygen atoms in total. The molecule has 0 saturated carbocycles. The van der Waals surface area contributed by atoms with Gasteiger partial charge in [-0.15, -0.1) is 0 Å². The normalized spacial score (nSPS) is 22.8. The molecule has 1 aliphatic rings. The predicted molar refractivity (Wildman–Crippen MR) is 83.0 cm³/mol. The fourth-order valence-corrected chi connectivity index (χ4v) is 2.59. The Hall–Kier alpha value is -1.55. The maximum Gasteiger partial charge on any atom is 0.226 e. The Morgan fingerprint density at radius 2 is 2.00 bits per heavy atom. The number of carbonyl (C=O) groups is 1. The standard InChI is InChI=1S/C16H25N3O/c1-12-9-15(11-19(12)4)17-14-7-5-13(6-8-14)10-16(20)18(2)3/h5-8,12,15,17H,9-11H2,1-4H3. The quantitative estimate of drug-likeness (QED) is 0.910. The van der Waals surface area contributed by atoms with Gasteiger partial charge in [0.1, 0.15) is 0 Å². The molecule has 0 spiro atoms. The Balaban J connectivity index is 1.90. The van der Waals surface area contributed by atoms with Crippen molar-refractivity contribution in [3.05, 3.63) is 29.8 Å². The molecule has 1 aromatic rings. The molecule has 20 heavy (non-hydrogen) atoms. The van der Waals surface area contributed by atoms with Crippen LogP contribution in [0.5, 0.6) is 0 Å². The van der Waals surface area contributed by atoms with Crippen LogP contribution in [-0.4, -0.2) is 55.5 Å². The third kappa shape index (κ3) is 3.73. The molecule has 0 aliphatic carbocycles. The molecule has 110 valence electrons. The second kappa shape index (κ2) is 6.27. The third-order valence-electron chi connectivity index (χ3n) is 4.07. The highest BCUT2D eigenvalue weighted by Gasteiger charge is 2.25. The molecule has 4 heteroatoms. The summed E-state index contributed by atoms with van der Waals surface area (Å²) in [7, 11) is 5.74. The molecule has 1 heterocycles. The van der Waals surface area contributed by atoms with Crippen LogP contribution in [0, 0.1) is 0 Å². The van der Waals surface area contributed by atoms with Gasteiger partial charge in [-0.3, -0.25) is 4.79 Å². The minimum Gasteiger partial charge on any atom is -0.381 e. The van der Waals surface area contributed by atoms with Crippen LogP contribution in [0.3, 0.4) is 0 Å². The van der Waals surface area contributed by atoms with Crippen molar-refractivity contribution >= 4 is 11.6 Å². The lowest BCUT2D eigenvalue weighted by molar-refractivity contribution is -0.127. The molecule has 2 unspecified atom stereocenters. The molecule has 1 aromatic carbocycles. The van der Waals surface area contributed by atoms with E-state index in [9.17, 15) is 4.79 Å². The summed E-state index contributed by atoms with van der Waals surface area (Å²) in [5.74, 6) is 0.136. The van der Waals surface area contributed by atoms with Gasteiger partial charge in [0.05, 0.1) is 6.42 Å². The zero-order valence-electron chi connectivity index (χ0n) is 12.9. The molecule has 1 fully saturated rings. The minimum absolute atomic E-state index is 0.136. The maximum absolute atomic E-state index is 11.7. The van der Waals surface area contributed by atoms with Crippen LogP contribution in [-0.2, 0) is 11.2 Å². The summed E-state index contributed by atoms with van der Waals surface area (Å²) in [4.78, 5) is 15.7. The number of nitrogens with one attached hydrogen (secondary N) is 1. The van der Waals surface area contributed by atoms with Crippen molar-refractivity contribution in [3.8, 4) is 0 Å². The number of benzene rings is 1. The van der Waals surface area contributed by atoms with Crippen LogP contribution >= 0.6 is 0 Å². The van der Waals surface area contributed by atoms with Crippen molar-refractivity contribution in [1.29, 1.82) is 0 Å². The zero-order valence-corrected chi connectivity index (χ0v) is 12.9. The highest BCUT2D eigenvalue weighted by Crippen LogP contribution is 2.20. The molecule has 1 aliphatic heterocycles. The van der Waals surface area contributed by atoms with E-state index >= 15 is 0 Å². The molecule has 1 amide bonds. The summed E-state index contributed by atoms with van der Waals surface area (Å²) >= 11 is 0. The molecule has 2 atom stereocenters. The van der Waals surface area contributed by atoms with Crippen LogP contribution in [0.25, 0.3) is 0 Å². The van der Waals surface area contributed by atoms with Crippen molar-refractivity contribution in [2.24, 2.45) is 0 Å². The third-order valence-corrected chi connectivity index (χ3v) is 4.07. The van der Waals surface area contributed by atoms with Gasteiger partial charge in [-0.1, -0.05) is 12.1 Å². The average Bonchev–Trinajstić information content (AvgIpc) is 2.70. The van der Waals surface area contributed by atoms with E-state index in [-0.39, 0.29) is 5.91 Å². The van der Waals surface area contributed by atoms with Gasteiger partial charge >= 0.3 is 0 Å². The van der Waals surface area contributed by atoms with Crippen LogP contribution in [0.4, 0.5) is 5.69 Å². The highest BCUT2D eigenvalue weighted by atomic mass is 16.2. The smallest absolute Gasteiger partial charge is 0.226 e. The van der Waals surface area contributed by atoms with E-state index in [2.05, 4.69) is 36.3 Å². The monoisotopic (exact) mass is 275 g/mol. The number of likely N-dealkylation sites (tertiary alicyclic amines) is 1. The van der Waals surface area contributed by atoms with Gasteiger partial charge < -0.3 is 15.1 Å². The lowest BCUT2D eigenvalue weighted by atomic mass is 10.1. The predicted octanol–water partition coefficient (Wildman–Crippen LogP) is 1.82. The van der Waals surface area contributed by atoms with Gasteiger partial charge in [-0.05, 0) is 38.1 Å². The maximum atomic E-state index is 11.7. The lowest BCUT2D eigenvalue weighted by Crippen LogP contribution is -2.25. The number of rotatable bonds is 4. The summed E-state index contributed by atoms with van der Waals surface area (Å²) in [5.41, 5.74) is 2.20. The molecule has 2 rings (SSSR count). The van der Waals surface area contributed by atoms with Gasteiger partial charge in [0.2, 0.25) is 5.91 Å². The van der Waals surface area contributed by atoms with Crippen molar-refractivity contribution in [2.45, 2.75) is 31.8 Å². The molecular weight excluding hydrogens is 250 g/mol. The van der Waals surface area contributed by atoms with Crippen molar-refractivity contribution < 1.29 is 4.79 Å². The van der Waals surface area contributed by atoms with Crippen molar-refractivity contribution in [1.82, 2.24) is 9.80 Å². The Bertz CT molecular complexity index is 445.